The van der Waals surface area contributed by atoms with E-state index in [4.69, 9.17) is 23.7 Å². The minimum atomic E-state index is 0.109. The summed E-state index contributed by atoms with van der Waals surface area (Å²) < 4.78 is 31.1. The van der Waals surface area contributed by atoms with E-state index in [0.717, 1.165) is 21.7 Å². The van der Waals surface area contributed by atoms with Crippen LogP contribution in [0.1, 0.15) is 37.5 Å². The van der Waals surface area contributed by atoms with Gasteiger partial charge in [-0.25, -0.2) is 0 Å². The molecule has 0 radical (unpaired) electrons. The maximum absolute atomic E-state index is 5.72. The van der Waals surface area contributed by atoms with Crippen LogP contribution in [0.5, 0.6) is 28.7 Å². The Labute approximate surface area is 218 Å². The molecule has 0 unspecified atom stereocenters. The highest BCUT2D eigenvalue weighted by atomic mass is 32.2. The third-order valence-corrected chi connectivity index (χ3v) is 6.53. The highest BCUT2D eigenvalue weighted by Gasteiger charge is 2.16. The minimum absolute atomic E-state index is 0.109. The molecule has 0 spiro atoms. The molecule has 0 amide bonds. The fourth-order valence-electron chi connectivity index (χ4n) is 3.70. The highest BCUT2D eigenvalue weighted by molar-refractivity contribution is 8.00. The minimum Gasteiger partial charge on any atom is -0.493 e. The van der Waals surface area contributed by atoms with Crippen LogP contribution in [0.15, 0.2) is 53.4 Å². The van der Waals surface area contributed by atoms with Gasteiger partial charge in [-0.3, -0.25) is 0 Å². The van der Waals surface area contributed by atoms with Gasteiger partial charge in [0.1, 0.15) is 0 Å². The van der Waals surface area contributed by atoms with Crippen LogP contribution in [0.4, 0.5) is 5.69 Å². The van der Waals surface area contributed by atoms with Gasteiger partial charge in [0.25, 0.3) is 0 Å². The largest absolute Gasteiger partial charge is 0.493 e. The number of anilines is 1. The van der Waals surface area contributed by atoms with E-state index >= 15 is 0 Å². The molecule has 6 nitrogen and oxygen atoms in total. The molecule has 3 aromatic carbocycles. The Balaban J connectivity index is 1.95. The van der Waals surface area contributed by atoms with Crippen molar-refractivity contribution in [2.75, 3.05) is 40.3 Å². The van der Waals surface area contributed by atoms with Crippen molar-refractivity contribution in [3.8, 4) is 28.7 Å². The lowest BCUT2D eigenvalue weighted by atomic mass is 9.87. The molecule has 3 aromatic rings. The van der Waals surface area contributed by atoms with Crippen LogP contribution in [0.25, 0.3) is 12.2 Å². The van der Waals surface area contributed by atoms with E-state index in [1.807, 2.05) is 36.4 Å². The van der Waals surface area contributed by atoms with Crippen LogP contribution >= 0.6 is 11.9 Å². The van der Waals surface area contributed by atoms with Crippen molar-refractivity contribution in [2.45, 2.75) is 31.1 Å². The van der Waals surface area contributed by atoms with Gasteiger partial charge < -0.3 is 28.4 Å². The number of nitrogens with one attached hydrogen (secondary N) is 1. The van der Waals surface area contributed by atoms with E-state index in [0.29, 0.717) is 28.7 Å². The summed E-state index contributed by atoms with van der Waals surface area (Å²) in [6.45, 7) is 6.63. The molecule has 0 saturated heterocycles. The molecular weight excluding hydrogens is 474 g/mol. The molecule has 0 atom stereocenters. The summed E-state index contributed by atoms with van der Waals surface area (Å²) in [6.07, 6.45) is 3.99. The quantitative estimate of drug-likeness (QED) is 0.227. The third kappa shape index (κ3) is 6.21. The predicted molar refractivity (Wildman–Crippen MR) is 149 cm³/mol. The molecule has 0 bridgehead atoms. The van der Waals surface area contributed by atoms with Gasteiger partial charge in [-0.05, 0) is 64.9 Å². The van der Waals surface area contributed by atoms with Gasteiger partial charge in [-0.2, -0.15) is 0 Å². The van der Waals surface area contributed by atoms with Crippen molar-refractivity contribution >= 4 is 29.8 Å². The topological polar surface area (TPSA) is 58.2 Å². The van der Waals surface area contributed by atoms with Gasteiger partial charge in [-0.1, -0.05) is 45.1 Å². The third-order valence-electron chi connectivity index (χ3n) is 5.71. The van der Waals surface area contributed by atoms with Crippen LogP contribution in [-0.4, -0.2) is 35.5 Å². The van der Waals surface area contributed by atoms with Crippen LogP contribution in [0, 0.1) is 0 Å². The van der Waals surface area contributed by atoms with Crippen LogP contribution < -0.4 is 28.4 Å². The smallest absolute Gasteiger partial charge is 0.203 e. The average Bonchev–Trinajstić information content (AvgIpc) is 2.89. The van der Waals surface area contributed by atoms with Crippen molar-refractivity contribution in [3.63, 3.8) is 0 Å². The molecule has 1 N–H and O–H groups in total. The highest BCUT2D eigenvalue weighted by Crippen LogP contribution is 2.42. The molecule has 0 aliphatic rings. The van der Waals surface area contributed by atoms with E-state index in [2.05, 4.69) is 49.8 Å². The second kappa shape index (κ2) is 12.0. The van der Waals surface area contributed by atoms with Crippen LogP contribution in [0.3, 0.4) is 0 Å². The number of hydrogen-bond acceptors (Lipinski definition) is 7. The number of rotatable bonds is 10. The summed E-state index contributed by atoms with van der Waals surface area (Å²) in [5.41, 5.74) is 4.04. The molecule has 7 heteroatoms. The molecule has 3 rings (SSSR count). The Hall–Kier alpha value is -3.45. The van der Waals surface area contributed by atoms with Crippen molar-refractivity contribution in [1.29, 1.82) is 0 Å². The summed E-state index contributed by atoms with van der Waals surface area (Å²) in [5, 5.41) is 0. The molecule has 0 aromatic heterocycles. The first-order valence-corrected chi connectivity index (χ1v) is 12.3. The van der Waals surface area contributed by atoms with Gasteiger partial charge in [0.15, 0.2) is 23.0 Å². The zero-order valence-corrected chi connectivity index (χ0v) is 23.0. The van der Waals surface area contributed by atoms with Gasteiger partial charge >= 0.3 is 0 Å². The molecule has 192 valence electrons. The second-order valence-electron chi connectivity index (χ2n) is 9.04. The normalized spacial score (nSPS) is 11.3. The molecule has 0 aliphatic carbocycles. The van der Waals surface area contributed by atoms with Gasteiger partial charge in [-0.15, -0.1) is 0 Å². The predicted octanol–water partition coefficient (Wildman–Crippen LogP) is 7.32. The second-order valence-corrected chi connectivity index (χ2v) is 9.92. The summed E-state index contributed by atoms with van der Waals surface area (Å²) in [5.74, 6) is 3.02. The van der Waals surface area contributed by atoms with Crippen molar-refractivity contribution in [3.05, 3.63) is 65.2 Å². The molecular formula is C29H35NO5S. The lowest BCUT2D eigenvalue weighted by Gasteiger charge is -2.19. The standard InChI is InChI=1S/C29H35NO5S/c1-29(2,3)21-12-14-22(15-13-21)36-30-26-20(11-16-23(31-4)28(26)35-8)10-9-19-17-24(32-5)27(34-7)25(18-19)33-6/h9-18,30H,1-8H3/b10-9-. The Morgan fingerprint density at radius 3 is 1.75 bits per heavy atom. The first-order valence-electron chi connectivity index (χ1n) is 11.5. The fraction of sp³-hybridized carbons (Fsp3) is 0.310. The van der Waals surface area contributed by atoms with E-state index in [1.54, 1.807) is 35.5 Å². The van der Waals surface area contributed by atoms with Crippen molar-refractivity contribution < 1.29 is 23.7 Å². The molecule has 0 saturated carbocycles. The van der Waals surface area contributed by atoms with Crippen molar-refractivity contribution in [1.82, 2.24) is 0 Å². The molecule has 36 heavy (non-hydrogen) atoms. The van der Waals surface area contributed by atoms with Crippen molar-refractivity contribution in [2.24, 2.45) is 0 Å². The zero-order chi connectivity index (χ0) is 26.3. The van der Waals surface area contributed by atoms with E-state index in [1.165, 1.54) is 17.5 Å². The summed E-state index contributed by atoms with van der Waals surface area (Å²) >= 11 is 1.52. The summed E-state index contributed by atoms with van der Waals surface area (Å²) in [6, 6.07) is 16.3. The van der Waals surface area contributed by atoms with Gasteiger partial charge in [0.05, 0.1) is 41.2 Å². The molecule has 0 fully saturated rings. The molecule has 0 heterocycles. The Bertz CT molecular complexity index is 1170. The number of ether oxygens (including phenoxy) is 5. The number of benzene rings is 3. The van der Waals surface area contributed by atoms with Gasteiger partial charge in [0.2, 0.25) is 5.75 Å². The fourth-order valence-corrected chi connectivity index (χ4v) is 4.41. The lowest BCUT2D eigenvalue weighted by molar-refractivity contribution is 0.324. The molecule has 0 aliphatic heterocycles. The monoisotopic (exact) mass is 509 g/mol. The first-order chi connectivity index (χ1) is 17.2. The SMILES string of the molecule is COc1cc(/C=C\c2ccc(OC)c(OC)c2NSc2ccc(C(C)(C)C)cc2)cc(OC)c1OC. The number of hydrogen-bond donors (Lipinski definition) is 1. The first kappa shape index (κ1) is 27.1. The Morgan fingerprint density at radius 1 is 0.667 bits per heavy atom. The number of methoxy groups -OCH3 is 5. The van der Waals surface area contributed by atoms with Crippen LogP contribution in [0.2, 0.25) is 0 Å². The maximum atomic E-state index is 5.72. The summed E-state index contributed by atoms with van der Waals surface area (Å²) in [7, 11) is 8.06. The van der Waals surface area contributed by atoms with Gasteiger partial charge in [0, 0.05) is 10.5 Å². The lowest BCUT2D eigenvalue weighted by Crippen LogP contribution is -2.10. The van der Waals surface area contributed by atoms with E-state index in [-0.39, 0.29) is 5.41 Å². The van der Waals surface area contributed by atoms with E-state index < -0.39 is 0 Å². The average molecular weight is 510 g/mol. The summed E-state index contributed by atoms with van der Waals surface area (Å²) in [4.78, 5) is 1.09. The Kier molecular flexibility index (Phi) is 9.04. The maximum Gasteiger partial charge on any atom is 0.203 e. The Morgan fingerprint density at radius 2 is 1.25 bits per heavy atom. The van der Waals surface area contributed by atoms with E-state index in [9.17, 15) is 0 Å². The van der Waals surface area contributed by atoms with Crippen LogP contribution in [-0.2, 0) is 5.41 Å². The zero-order valence-electron chi connectivity index (χ0n) is 22.2.